The highest BCUT2D eigenvalue weighted by molar-refractivity contribution is 5.90. The fraction of sp³-hybridized carbons (Fsp3) is 0.462. The third-order valence-electron chi connectivity index (χ3n) is 2.68. The Morgan fingerprint density at radius 3 is 2.50 bits per heavy atom. The lowest BCUT2D eigenvalue weighted by molar-refractivity contribution is -0.154. The van der Waals surface area contributed by atoms with E-state index >= 15 is 0 Å². The Kier molecular flexibility index (Phi) is 3.91. The summed E-state index contributed by atoms with van der Waals surface area (Å²) >= 11 is 0. The average molecular weight is 256 g/mol. The van der Waals surface area contributed by atoms with E-state index in [0.717, 1.165) is 24.6 Å². The number of Topliss-reactive ketones (excluding diaryl/α,β-unsaturated/α-hetero) is 1. The van der Waals surface area contributed by atoms with Crippen LogP contribution in [0.3, 0.4) is 0 Å². The van der Waals surface area contributed by atoms with Gasteiger partial charge in [-0.2, -0.15) is 0 Å². The molecule has 1 aromatic rings. The van der Waals surface area contributed by atoms with Gasteiger partial charge in [0.2, 0.25) is 0 Å². The monoisotopic (exact) mass is 256 g/mol. The molecule has 3 nitrogen and oxygen atoms in total. The zero-order chi connectivity index (χ0) is 13.1. The number of benzene rings is 1. The van der Waals surface area contributed by atoms with Gasteiger partial charge in [0.25, 0.3) is 0 Å². The normalized spacial score (nSPS) is 22.7. The Balaban J connectivity index is 1.98. The van der Waals surface area contributed by atoms with Gasteiger partial charge in [0, 0.05) is 31.2 Å². The molecule has 1 aliphatic carbocycles. The lowest BCUT2D eigenvalue weighted by Crippen LogP contribution is -2.52. The minimum Gasteiger partial charge on any atom is -0.487 e. The molecular weight excluding hydrogens is 242 g/mol. The van der Waals surface area contributed by atoms with E-state index in [0.29, 0.717) is 6.61 Å². The third-order valence-corrected chi connectivity index (χ3v) is 2.68. The molecule has 98 valence electrons. The maximum absolute atomic E-state index is 13.0. The van der Waals surface area contributed by atoms with E-state index in [2.05, 4.69) is 0 Å². The second-order valence-electron chi connectivity index (χ2n) is 4.22. The summed E-state index contributed by atoms with van der Waals surface area (Å²) in [6, 6.07) is 2.94. The molecule has 1 fully saturated rings. The van der Waals surface area contributed by atoms with Crippen molar-refractivity contribution in [3.63, 3.8) is 0 Å². The molecule has 0 radical (unpaired) electrons. The fourth-order valence-electron chi connectivity index (χ4n) is 1.79. The van der Waals surface area contributed by atoms with Crippen LogP contribution in [0.25, 0.3) is 0 Å². The van der Waals surface area contributed by atoms with Crippen LogP contribution in [0.5, 0.6) is 5.75 Å². The first-order valence-corrected chi connectivity index (χ1v) is 5.87. The van der Waals surface area contributed by atoms with Crippen molar-refractivity contribution in [1.29, 1.82) is 0 Å². The van der Waals surface area contributed by atoms with Gasteiger partial charge in [0.05, 0.1) is 0 Å². The minimum atomic E-state index is -0.707. The van der Waals surface area contributed by atoms with Gasteiger partial charge < -0.3 is 9.47 Å². The quantitative estimate of drug-likeness (QED) is 0.812. The second kappa shape index (κ2) is 5.44. The SMILES string of the molecule is CCCOC1C(=O)CC1Oc1cc(F)cc(F)c1. The molecular formula is C13H14F2O3. The van der Waals surface area contributed by atoms with E-state index in [-0.39, 0.29) is 18.0 Å². The zero-order valence-electron chi connectivity index (χ0n) is 9.99. The maximum Gasteiger partial charge on any atom is 0.169 e. The number of ketones is 1. The van der Waals surface area contributed by atoms with Crippen molar-refractivity contribution in [1.82, 2.24) is 0 Å². The van der Waals surface area contributed by atoms with Gasteiger partial charge in [-0.05, 0) is 6.42 Å². The maximum atomic E-state index is 13.0. The largest absolute Gasteiger partial charge is 0.487 e. The summed E-state index contributed by atoms with van der Waals surface area (Å²) in [5.41, 5.74) is 0. The van der Waals surface area contributed by atoms with E-state index in [1.165, 1.54) is 0 Å². The lowest BCUT2D eigenvalue weighted by atomic mass is 9.90. The van der Waals surface area contributed by atoms with Crippen LogP contribution in [0.2, 0.25) is 0 Å². The van der Waals surface area contributed by atoms with Crippen molar-refractivity contribution in [2.24, 2.45) is 0 Å². The summed E-state index contributed by atoms with van der Waals surface area (Å²) in [6.07, 6.45) is -0.0565. The summed E-state index contributed by atoms with van der Waals surface area (Å²) in [5, 5.41) is 0. The average Bonchev–Trinajstić information content (AvgIpc) is 2.27. The first-order chi connectivity index (χ1) is 8.60. The zero-order valence-corrected chi connectivity index (χ0v) is 9.99. The van der Waals surface area contributed by atoms with E-state index in [1.807, 2.05) is 6.92 Å². The van der Waals surface area contributed by atoms with Crippen molar-refractivity contribution < 1.29 is 23.0 Å². The summed E-state index contributed by atoms with van der Waals surface area (Å²) in [7, 11) is 0. The molecule has 1 saturated carbocycles. The highest BCUT2D eigenvalue weighted by Crippen LogP contribution is 2.26. The number of hydrogen-bond donors (Lipinski definition) is 0. The Hall–Kier alpha value is -1.49. The smallest absolute Gasteiger partial charge is 0.169 e. The second-order valence-corrected chi connectivity index (χ2v) is 4.22. The van der Waals surface area contributed by atoms with Crippen LogP contribution in [0.4, 0.5) is 8.78 Å². The molecule has 0 amide bonds. The molecule has 1 aliphatic rings. The predicted octanol–water partition coefficient (Wildman–Crippen LogP) is 2.48. The number of carbonyl (C=O) groups is 1. The van der Waals surface area contributed by atoms with Gasteiger partial charge in [0.1, 0.15) is 23.5 Å². The highest BCUT2D eigenvalue weighted by atomic mass is 19.1. The van der Waals surface area contributed by atoms with Gasteiger partial charge in [-0.3, -0.25) is 4.79 Å². The molecule has 0 aromatic heterocycles. The molecule has 2 atom stereocenters. The van der Waals surface area contributed by atoms with Crippen molar-refractivity contribution in [3.8, 4) is 5.75 Å². The van der Waals surface area contributed by atoms with Gasteiger partial charge in [-0.15, -0.1) is 0 Å². The third kappa shape index (κ3) is 2.85. The summed E-state index contributed by atoms with van der Waals surface area (Å²) in [5.74, 6) is -1.37. The Morgan fingerprint density at radius 2 is 1.94 bits per heavy atom. The molecule has 2 unspecified atom stereocenters. The summed E-state index contributed by atoms with van der Waals surface area (Å²) in [4.78, 5) is 11.3. The van der Waals surface area contributed by atoms with Gasteiger partial charge in [-0.25, -0.2) is 8.78 Å². The fourth-order valence-corrected chi connectivity index (χ4v) is 1.79. The molecule has 0 saturated heterocycles. The minimum absolute atomic E-state index is 0.0367. The lowest BCUT2D eigenvalue weighted by Gasteiger charge is -2.34. The van der Waals surface area contributed by atoms with Crippen LogP contribution in [0.1, 0.15) is 19.8 Å². The molecule has 0 aliphatic heterocycles. The molecule has 0 bridgehead atoms. The van der Waals surface area contributed by atoms with E-state index in [9.17, 15) is 13.6 Å². The number of halogens is 2. The van der Waals surface area contributed by atoms with Gasteiger partial charge >= 0.3 is 0 Å². The van der Waals surface area contributed by atoms with Crippen LogP contribution >= 0.6 is 0 Å². The molecule has 0 N–H and O–H groups in total. The first kappa shape index (κ1) is 13.0. The van der Waals surface area contributed by atoms with E-state index in [1.54, 1.807) is 0 Å². The number of carbonyl (C=O) groups excluding carboxylic acids is 1. The standard InChI is InChI=1S/C13H14F2O3/c1-2-3-17-13-11(16)7-12(13)18-10-5-8(14)4-9(15)6-10/h4-6,12-13H,2-3,7H2,1H3. The van der Waals surface area contributed by atoms with Crippen molar-refractivity contribution >= 4 is 5.78 Å². The molecule has 1 aromatic carbocycles. The van der Waals surface area contributed by atoms with Crippen LogP contribution in [-0.2, 0) is 9.53 Å². The first-order valence-electron chi connectivity index (χ1n) is 5.87. The Bertz CT molecular complexity index is 428. The molecule has 18 heavy (non-hydrogen) atoms. The number of rotatable bonds is 5. The Morgan fingerprint density at radius 1 is 1.28 bits per heavy atom. The van der Waals surface area contributed by atoms with E-state index in [4.69, 9.17) is 9.47 Å². The highest BCUT2D eigenvalue weighted by Gasteiger charge is 2.42. The predicted molar refractivity (Wildman–Crippen MR) is 60.4 cm³/mol. The van der Waals surface area contributed by atoms with Gasteiger partial charge in [-0.1, -0.05) is 6.92 Å². The van der Waals surface area contributed by atoms with Crippen LogP contribution < -0.4 is 4.74 Å². The van der Waals surface area contributed by atoms with Crippen molar-refractivity contribution in [2.45, 2.75) is 32.0 Å². The number of ether oxygens (including phenoxy) is 2. The van der Waals surface area contributed by atoms with E-state index < -0.39 is 23.8 Å². The van der Waals surface area contributed by atoms with Crippen LogP contribution in [0, 0.1) is 11.6 Å². The van der Waals surface area contributed by atoms with Gasteiger partial charge in [0.15, 0.2) is 11.9 Å². The van der Waals surface area contributed by atoms with Crippen molar-refractivity contribution in [2.75, 3.05) is 6.61 Å². The van der Waals surface area contributed by atoms with Crippen molar-refractivity contribution in [3.05, 3.63) is 29.8 Å². The Labute approximate surface area is 104 Å². The topological polar surface area (TPSA) is 35.5 Å². The molecule has 0 heterocycles. The molecule has 5 heteroatoms. The van der Waals surface area contributed by atoms with Crippen LogP contribution in [-0.4, -0.2) is 24.6 Å². The van der Waals surface area contributed by atoms with Crippen LogP contribution in [0.15, 0.2) is 18.2 Å². The number of hydrogen-bond acceptors (Lipinski definition) is 3. The summed E-state index contributed by atoms with van der Waals surface area (Å²) in [6.45, 7) is 2.40. The summed E-state index contributed by atoms with van der Waals surface area (Å²) < 4.78 is 36.6. The molecule has 0 spiro atoms. The molecule has 2 rings (SSSR count).